The first-order valence-corrected chi connectivity index (χ1v) is 10.1. The number of carbonyl (C=O) groups excluding carboxylic acids is 3. The number of benzene rings is 1. The van der Waals surface area contributed by atoms with Crippen LogP contribution in [-0.2, 0) is 23.8 Å². The van der Waals surface area contributed by atoms with E-state index in [-0.39, 0.29) is 22.9 Å². The van der Waals surface area contributed by atoms with Crippen LogP contribution in [0.4, 0.5) is 5.82 Å². The van der Waals surface area contributed by atoms with Crippen molar-refractivity contribution in [2.24, 2.45) is 5.92 Å². The maximum Gasteiger partial charge on any atom is 0.351 e. The Morgan fingerprint density at radius 2 is 1.76 bits per heavy atom. The van der Waals surface area contributed by atoms with Gasteiger partial charge in [-0.05, 0) is 12.1 Å². The third-order valence-electron chi connectivity index (χ3n) is 5.15. The van der Waals surface area contributed by atoms with E-state index in [0.29, 0.717) is 0 Å². The van der Waals surface area contributed by atoms with E-state index in [2.05, 4.69) is 10.5 Å². The van der Waals surface area contributed by atoms with E-state index in [4.69, 9.17) is 19.0 Å². The number of hydrogen-bond donors (Lipinski definition) is 2. The monoisotopic (exact) mass is 459 g/mol. The zero-order chi connectivity index (χ0) is 23.7. The molecule has 174 valence electrons. The Labute approximate surface area is 187 Å². The molecule has 0 unspecified atom stereocenters. The Morgan fingerprint density at radius 1 is 1.12 bits per heavy atom. The average Bonchev–Trinajstić information content (AvgIpc) is 3.12. The van der Waals surface area contributed by atoms with Gasteiger partial charge in [-0.3, -0.25) is 4.57 Å². The quantitative estimate of drug-likeness (QED) is 0.363. The summed E-state index contributed by atoms with van der Waals surface area (Å²) in [5.41, 5.74) is 1.49. The molecule has 1 aromatic carbocycles. The van der Waals surface area contributed by atoms with Gasteiger partial charge in [0.1, 0.15) is 6.10 Å². The zero-order valence-corrected chi connectivity index (χ0v) is 17.7. The molecule has 1 saturated heterocycles. The molecule has 4 atom stereocenters. The second-order valence-electron chi connectivity index (χ2n) is 7.71. The summed E-state index contributed by atoms with van der Waals surface area (Å²) >= 11 is 0. The van der Waals surface area contributed by atoms with Crippen molar-refractivity contribution < 1.29 is 38.5 Å². The van der Waals surface area contributed by atoms with Gasteiger partial charge in [0.2, 0.25) is 0 Å². The van der Waals surface area contributed by atoms with Crippen LogP contribution in [-0.4, -0.2) is 57.5 Å². The van der Waals surface area contributed by atoms with Gasteiger partial charge < -0.3 is 24.2 Å². The van der Waals surface area contributed by atoms with Crippen molar-refractivity contribution in [1.82, 2.24) is 9.55 Å². The van der Waals surface area contributed by atoms with Crippen molar-refractivity contribution in [3.8, 4) is 0 Å². The molecular formula is C21H21N3O9. The van der Waals surface area contributed by atoms with Gasteiger partial charge in [0.25, 0.3) is 0 Å². The number of carbonyl (C=O) groups is 3. The van der Waals surface area contributed by atoms with Crippen LogP contribution in [0.1, 0.15) is 40.8 Å². The SMILES string of the molecule is CC(C)C(=O)ONc1ccn([C@@H]2O[C@H](CO)[C@H]3OC(=O)c4ccccc4C(=O)O[C@H]32)c(=O)n1. The van der Waals surface area contributed by atoms with Crippen molar-refractivity contribution in [1.29, 1.82) is 0 Å². The Hall–Kier alpha value is -3.77. The van der Waals surface area contributed by atoms with Crippen LogP contribution in [0.5, 0.6) is 0 Å². The highest BCUT2D eigenvalue weighted by Gasteiger charge is 2.52. The molecule has 12 nitrogen and oxygen atoms in total. The van der Waals surface area contributed by atoms with Crippen LogP contribution in [0.3, 0.4) is 0 Å². The van der Waals surface area contributed by atoms with Crippen LogP contribution in [0.15, 0.2) is 41.3 Å². The van der Waals surface area contributed by atoms with E-state index >= 15 is 0 Å². The first-order valence-electron chi connectivity index (χ1n) is 10.1. The summed E-state index contributed by atoms with van der Waals surface area (Å²) < 4.78 is 17.8. The molecule has 2 aromatic rings. The number of aliphatic hydroxyl groups excluding tert-OH is 1. The Balaban J connectivity index is 1.63. The predicted octanol–water partition coefficient (Wildman–Crippen LogP) is 0.424. The van der Waals surface area contributed by atoms with Gasteiger partial charge in [-0.1, -0.05) is 26.0 Å². The van der Waals surface area contributed by atoms with Gasteiger partial charge in [-0.25, -0.2) is 24.7 Å². The fraction of sp³-hybridized carbons (Fsp3) is 0.381. The predicted molar refractivity (Wildman–Crippen MR) is 109 cm³/mol. The van der Waals surface area contributed by atoms with Crippen LogP contribution in [0.2, 0.25) is 0 Å². The summed E-state index contributed by atoms with van der Waals surface area (Å²) in [5.74, 6) is -2.55. The van der Waals surface area contributed by atoms with Gasteiger partial charge in [0.05, 0.1) is 23.7 Å². The van der Waals surface area contributed by atoms with Crippen LogP contribution < -0.4 is 11.2 Å². The van der Waals surface area contributed by atoms with Crippen molar-refractivity contribution in [3.05, 3.63) is 58.1 Å². The van der Waals surface area contributed by atoms with E-state index < -0.39 is 54.7 Å². The standard InChI is InChI=1S/C21H21N3O9/c1-10(2)18(26)33-23-14-7-8-24(21(29)22-14)17-16-15(13(9-25)30-17)31-19(27)11-5-3-4-6-12(11)20(28)32-16/h3-8,10,13,15-17,25H,9H2,1-2H3,(H,22,23,29)/t13-,15-,16-,17-/m1/s1. The summed E-state index contributed by atoms with van der Waals surface area (Å²) in [6.45, 7) is 2.72. The molecule has 12 heteroatoms. The van der Waals surface area contributed by atoms with E-state index in [1.54, 1.807) is 26.0 Å². The smallest absolute Gasteiger partial charge is 0.351 e. The molecule has 2 aliphatic rings. The Morgan fingerprint density at radius 3 is 2.33 bits per heavy atom. The molecule has 1 fully saturated rings. The molecular weight excluding hydrogens is 438 g/mol. The number of fused-ring (bicyclic) bond motifs is 2. The lowest BCUT2D eigenvalue weighted by atomic mass is 10.0. The second kappa shape index (κ2) is 9.00. The number of aromatic nitrogens is 2. The lowest BCUT2D eigenvalue weighted by Gasteiger charge is -2.27. The topological polar surface area (TPSA) is 155 Å². The highest BCUT2D eigenvalue weighted by molar-refractivity contribution is 6.03. The summed E-state index contributed by atoms with van der Waals surface area (Å²) in [7, 11) is 0. The fourth-order valence-corrected chi connectivity index (χ4v) is 3.44. The number of anilines is 1. The minimum absolute atomic E-state index is 0.00383. The molecule has 2 aliphatic heterocycles. The maximum absolute atomic E-state index is 12.8. The molecule has 1 aromatic heterocycles. The number of aliphatic hydroxyl groups is 1. The molecule has 0 bridgehead atoms. The van der Waals surface area contributed by atoms with Crippen LogP contribution in [0, 0.1) is 5.92 Å². The normalized spacial score (nSPS) is 24.1. The number of rotatable bonds is 5. The third kappa shape index (κ3) is 4.30. The van der Waals surface area contributed by atoms with E-state index in [0.717, 1.165) is 4.57 Å². The molecule has 0 saturated carbocycles. The summed E-state index contributed by atoms with van der Waals surface area (Å²) in [5, 5.41) is 9.74. The highest BCUT2D eigenvalue weighted by atomic mass is 16.7. The minimum Gasteiger partial charge on any atom is -0.452 e. The number of nitrogens with zero attached hydrogens (tertiary/aromatic N) is 2. The Bertz CT molecular complexity index is 1150. The van der Waals surface area contributed by atoms with Gasteiger partial charge >= 0.3 is 23.6 Å². The van der Waals surface area contributed by atoms with Crippen molar-refractivity contribution in [2.75, 3.05) is 12.1 Å². The Kier molecular flexibility index (Phi) is 6.11. The fourth-order valence-electron chi connectivity index (χ4n) is 3.44. The molecule has 0 amide bonds. The maximum atomic E-state index is 12.8. The van der Waals surface area contributed by atoms with Crippen molar-refractivity contribution in [3.63, 3.8) is 0 Å². The lowest BCUT2D eigenvalue weighted by Crippen LogP contribution is -2.43. The molecule has 0 spiro atoms. The first-order chi connectivity index (χ1) is 15.8. The molecule has 2 N–H and O–H groups in total. The lowest BCUT2D eigenvalue weighted by molar-refractivity contribution is -0.144. The van der Waals surface area contributed by atoms with Gasteiger partial charge in [0.15, 0.2) is 24.3 Å². The third-order valence-corrected chi connectivity index (χ3v) is 5.15. The first kappa shape index (κ1) is 22.4. The van der Waals surface area contributed by atoms with E-state index in [1.807, 2.05) is 0 Å². The zero-order valence-electron chi connectivity index (χ0n) is 17.7. The number of hydrogen-bond acceptors (Lipinski definition) is 11. The molecule has 3 heterocycles. The van der Waals surface area contributed by atoms with Gasteiger partial charge in [0, 0.05) is 12.3 Å². The number of nitrogens with one attached hydrogen (secondary N) is 1. The number of ether oxygens (including phenoxy) is 3. The minimum atomic E-state index is -1.23. The average molecular weight is 459 g/mol. The van der Waals surface area contributed by atoms with Gasteiger partial charge in [-0.15, -0.1) is 0 Å². The molecule has 33 heavy (non-hydrogen) atoms. The summed E-state index contributed by atoms with van der Waals surface area (Å²) in [4.78, 5) is 58.2. The number of esters is 2. The highest BCUT2D eigenvalue weighted by Crippen LogP contribution is 2.35. The van der Waals surface area contributed by atoms with Crippen LogP contribution >= 0.6 is 0 Å². The second-order valence-corrected chi connectivity index (χ2v) is 7.71. The summed E-state index contributed by atoms with van der Waals surface area (Å²) in [6, 6.07) is 7.32. The molecule has 0 radical (unpaired) electrons. The van der Waals surface area contributed by atoms with Crippen LogP contribution in [0.25, 0.3) is 0 Å². The van der Waals surface area contributed by atoms with Crippen molar-refractivity contribution >= 4 is 23.7 Å². The van der Waals surface area contributed by atoms with Gasteiger partial charge in [-0.2, -0.15) is 4.98 Å². The molecule has 0 aliphatic carbocycles. The van der Waals surface area contributed by atoms with E-state index in [1.165, 1.54) is 24.4 Å². The van der Waals surface area contributed by atoms with Crippen molar-refractivity contribution in [2.45, 2.75) is 38.4 Å². The largest absolute Gasteiger partial charge is 0.452 e. The summed E-state index contributed by atoms with van der Waals surface area (Å²) in [6.07, 6.45) is -3.41. The molecule has 4 rings (SSSR count). The van der Waals surface area contributed by atoms with E-state index in [9.17, 15) is 24.3 Å².